The van der Waals surface area contributed by atoms with Gasteiger partial charge in [-0.25, -0.2) is 8.78 Å². The number of benzene rings is 2. The van der Waals surface area contributed by atoms with Crippen LogP contribution >= 0.6 is 0 Å². The normalized spacial score (nSPS) is 14.4. The third kappa shape index (κ3) is 5.90. The van der Waals surface area contributed by atoms with E-state index in [2.05, 4.69) is 0 Å². The summed E-state index contributed by atoms with van der Waals surface area (Å²) in [5, 5.41) is 20.9. The highest BCUT2D eigenvalue weighted by molar-refractivity contribution is 5.74. The fourth-order valence-corrected chi connectivity index (χ4v) is 2.91. The molecule has 0 spiro atoms. The van der Waals surface area contributed by atoms with E-state index in [-0.39, 0.29) is 16.9 Å². The van der Waals surface area contributed by atoms with Crippen molar-refractivity contribution < 1.29 is 37.0 Å². The summed E-state index contributed by atoms with van der Waals surface area (Å²) >= 11 is 0. The molecule has 0 bridgehead atoms. The molecule has 3 N–H and O–H groups in total. The lowest BCUT2D eigenvalue weighted by molar-refractivity contribution is -0.164. The van der Waals surface area contributed by atoms with Gasteiger partial charge in [-0.3, -0.25) is 10.1 Å². The molecule has 2 rings (SSSR count). The number of alkyl halides is 4. The Bertz CT molecular complexity index is 877. The number of halogens is 5. The van der Waals surface area contributed by atoms with Gasteiger partial charge in [0.1, 0.15) is 29.3 Å². The fraction of sp³-hybridized carbons (Fsp3) is 0.350. The van der Waals surface area contributed by atoms with Gasteiger partial charge in [0.25, 0.3) is 0 Å². The molecule has 0 radical (unpaired) electrons. The molecule has 0 aromatic heterocycles. The third-order valence-electron chi connectivity index (χ3n) is 4.20. The maximum absolute atomic E-state index is 14.5. The molecule has 2 atom stereocenters. The van der Waals surface area contributed by atoms with Crippen LogP contribution in [0, 0.1) is 5.82 Å². The molecule has 0 fully saturated rings. The van der Waals surface area contributed by atoms with Gasteiger partial charge >= 0.3 is 12.1 Å². The minimum Gasteiger partial charge on any atom is -0.507 e. The van der Waals surface area contributed by atoms with E-state index >= 15 is 0 Å². The minimum atomic E-state index is -4.96. The van der Waals surface area contributed by atoms with E-state index in [1.807, 2.05) is 5.32 Å². The Labute approximate surface area is 164 Å². The van der Waals surface area contributed by atoms with Crippen LogP contribution in [0.2, 0.25) is 0 Å². The summed E-state index contributed by atoms with van der Waals surface area (Å²) in [7, 11) is 0. The maximum atomic E-state index is 14.5. The Balaban J connectivity index is 2.42. The summed E-state index contributed by atoms with van der Waals surface area (Å²) < 4.78 is 69.1. The van der Waals surface area contributed by atoms with Gasteiger partial charge < -0.3 is 10.2 Å². The van der Waals surface area contributed by atoms with Crippen LogP contribution in [0.5, 0.6) is 5.75 Å². The van der Waals surface area contributed by atoms with Crippen molar-refractivity contribution in [2.24, 2.45) is 0 Å². The van der Waals surface area contributed by atoms with Gasteiger partial charge in [-0.2, -0.15) is 13.2 Å². The van der Waals surface area contributed by atoms with E-state index < -0.39 is 47.7 Å². The molecule has 0 saturated carbocycles. The highest BCUT2D eigenvalue weighted by Gasteiger charge is 2.44. The van der Waals surface area contributed by atoms with Crippen LogP contribution in [-0.4, -0.2) is 34.1 Å². The average molecular weight is 417 g/mol. The Morgan fingerprint density at radius 2 is 1.69 bits per heavy atom. The second-order valence-corrected chi connectivity index (χ2v) is 7.21. The van der Waals surface area contributed by atoms with E-state index in [1.165, 1.54) is 24.3 Å². The molecule has 4 nitrogen and oxygen atoms in total. The summed E-state index contributed by atoms with van der Waals surface area (Å²) in [5.74, 6) is -2.94. The first kappa shape index (κ1) is 22.6. The van der Waals surface area contributed by atoms with Gasteiger partial charge in [-0.05, 0) is 31.5 Å². The number of nitrogens with one attached hydrogen (secondary N) is 1. The number of hydrogen-bond donors (Lipinski definition) is 3. The first-order chi connectivity index (χ1) is 13.3. The number of rotatable bonds is 7. The fourth-order valence-electron chi connectivity index (χ4n) is 2.91. The number of phenolic OH excluding ortho intramolecular Hbond substituents is 1. The van der Waals surface area contributed by atoms with Crippen molar-refractivity contribution in [2.75, 3.05) is 0 Å². The number of para-hydroxylation sites is 1. The van der Waals surface area contributed by atoms with Gasteiger partial charge in [0.05, 0.1) is 0 Å². The van der Waals surface area contributed by atoms with Gasteiger partial charge in [0, 0.05) is 17.5 Å². The minimum absolute atomic E-state index is 0.0932. The van der Waals surface area contributed by atoms with E-state index in [4.69, 9.17) is 0 Å². The van der Waals surface area contributed by atoms with Crippen molar-refractivity contribution in [1.82, 2.24) is 5.32 Å². The van der Waals surface area contributed by atoms with Crippen LogP contribution < -0.4 is 5.32 Å². The molecule has 0 heterocycles. The second kappa shape index (κ2) is 8.36. The van der Waals surface area contributed by atoms with Crippen molar-refractivity contribution in [3.63, 3.8) is 0 Å². The number of carbonyl (C=O) groups is 1. The number of carboxylic acids is 1. The lowest BCUT2D eigenvalue weighted by Crippen LogP contribution is -2.47. The lowest BCUT2D eigenvalue weighted by atomic mass is 9.96. The first-order valence-corrected chi connectivity index (χ1v) is 8.62. The second-order valence-electron chi connectivity index (χ2n) is 7.21. The first-order valence-electron chi connectivity index (χ1n) is 8.62. The van der Waals surface area contributed by atoms with Crippen molar-refractivity contribution in [1.29, 1.82) is 0 Å². The molecule has 1 unspecified atom stereocenters. The van der Waals surface area contributed by atoms with Crippen LogP contribution in [0.4, 0.5) is 22.0 Å². The summed E-state index contributed by atoms with van der Waals surface area (Å²) in [6, 6.07) is 4.03. The summed E-state index contributed by atoms with van der Waals surface area (Å²) in [6.45, 7) is 2.10. The molecule has 0 aliphatic rings. The zero-order chi connectivity index (χ0) is 22.0. The summed E-state index contributed by atoms with van der Waals surface area (Å²) in [6.07, 6.45) is -5.68. The van der Waals surface area contributed by atoms with Crippen LogP contribution in [0.1, 0.15) is 31.9 Å². The van der Waals surface area contributed by atoms with Crippen molar-refractivity contribution in [3.05, 3.63) is 53.8 Å². The topological polar surface area (TPSA) is 69.6 Å². The zero-order valence-corrected chi connectivity index (χ0v) is 15.6. The standard InChI is InChI=1S/C20H20F5NO3/c1-19(2,22)10-15(18(28)29)26-17(20(23,24)25)11-7-8-12(14(21)9-11)13-5-3-4-6-16(13)27/h3-9,15,17,26-27H,10H2,1-2H3,(H,28,29)/t15-,17?/m0/s1. The number of aliphatic carboxylic acids is 1. The third-order valence-corrected chi connectivity index (χ3v) is 4.20. The molecule has 0 aliphatic heterocycles. The number of phenols is 1. The molecule has 0 amide bonds. The molecule has 2 aromatic rings. The molecule has 0 saturated heterocycles. The number of carboxylic acid groups (broad SMARTS) is 1. The van der Waals surface area contributed by atoms with Gasteiger partial charge in [-0.1, -0.05) is 30.3 Å². The lowest BCUT2D eigenvalue weighted by Gasteiger charge is -2.28. The summed E-state index contributed by atoms with van der Waals surface area (Å²) in [4.78, 5) is 11.3. The van der Waals surface area contributed by atoms with Gasteiger partial charge in [0.2, 0.25) is 0 Å². The molecule has 29 heavy (non-hydrogen) atoms. The molecule has 9 heteroatoms. The van der Waals surface area contributed by atoms with E-state index in [0.717, 1.165) is 26.0 Å². The van der Waals surface area contributed by atoms with E-state index in [9.17, 15) is 37.0 Å². The van der Waals surface area contributed by atoms with Crippen molar-refractivity contribution >= 4 is 5.97 Å². The average Bonchev–Trinajstić information content (AvgIpc) is 2.57. The number of aromatic hydroxyl groups is 1. The monoisotopic (exact) mass is 417 g/mol. The van der Waals surface area contributed by atoms with E-state index in [1.54, 1.807) is 0 Å². The molecule has 2 aromatic carbocycles. The van der Waals surface area contributed by atoms with Crippen LogP contribution in [-0.2, 0) is 4.79 Å². The van der Waals surface area contributed by atoms with Crippen LogP contribution in [0.3, 0.4) is 0 Å². The smallest absolute Gasteiger partial charge is 0.407 e. The molecular formula is C20H20F5NO3. The highest BCUT2D eigenvalue weighted by Crippen LogP contribution is 2.37. The largest absolute Gasteiger partial charge is 0.507 e. The highest BCUT2D eigenvalue weighted by atomic mass is 19.4. The Morgan fingerprint density at radius 1 is 1.07 bits per heavy atom. The number of hydrogen-bond acceptors (Lipinski definition) is 3. The predicted molar refractivity (Wildman–Crippen MR) is 96.7 cm³/mol. The van der Waals surface area contributed by atoms with E-state index in [0.29, 0.717) is 6.07 Å². The van der Waals surface area contributed by atoms with Crippen LogP contribution in [0.15, 0.2) is 42.5 Å². The van der Waals surface area contributed by atoms with Gasteiger partial charge in [-0.15, -0.1) is 0 Å². The Morgan fingerprint density at radius 3 is 2.17 bits per heavy atom. The Hall–Kier alpha value is -2.68. The van der Waals surface area contributed by atoms with Gasteiger partial charge in [0.15, 0.2) is 0 Å². The SMILES string of the molecule is CC(C)(F)C[C@H](NC(c1ccc(-c2ccccc2O)c(F)c1)C(F)(F)F)C(=O)O. The van der Waals surface area contributed by atoms with Crippen molar-refractivity contribution in [2.45, 2.75) is 44.2 Å². The Kier molecular flexibility index (Phi) is 6.52. The predicted octanol–water partition coefficient (Wildman–Crippen LogP) is 4.98. The molecular weight excluding hydrogens is 397 g/mol. The summed E-state index contributed by atoms with van der Waals surface area (Å²) in [5.41, 5.74) is -2.63. The zero-order valence-electron chi connectivity index (χ0n) is 15.6. The molecule has 0 aliphatic carbocycles. The van der Waals surface area contributed by atoms with Crippen LogP contribution in [0.25, 0.3) is 11.1 Å². The maximum Gasteiger partial charge on any atom is 0.407 e. The quantitative estimate of drug-likeness (QED) is 0.556. The molecule has 158 valence electrons. The van der Waals surface area contributed by atoms with Crippen molar-refractivity contribution in [3.8, 4) is 16.9 Å².